The van der Waals surface area contributed by atoms with Crippen LogP contribution in [0.4, 0.5) is 5.69 Å². The summed E-state index contributed by atoms with van der Waals surface area (Å²) in [6.07, 6.45) is 8.22. The monoisotopic (exact) mass is 363 g/mol. The van der Waals surface area contributed by atoms with Crippen molar-refractivity contribution < 1.29 is 8.91 Å². The molecular weight excluding hydrogens is 340 g/mol. The summed E-state index contributed by atoms with van der Waals surface area (Å²) in [7, 11) is 0. The number of nitrogens with zero attached hydrogens (tertiary/aromatic N) is 6. The highest BCUT2D eigenvalue weighted by Crippen LogP contribution is 2.54. The second-order valence-corrected chi connectivity index (χ2v) is 7.52. The lowest BCUT2D eigenvalue weighted by atomic mass is 9.75. The van der Waals surface area contributed by atoms with Crippen molar-refractivity contribution in [2.45, 2.75) is 19.8 Å². The fraction of sp³-hybridized carbons (Fsp3) is 0.400. The van der Waals surface area contributed by atoms with Crippen molar-refractivity contribution in [3.05, 3.63) is 36.9 Å². The Bertz CT molecular complexity index is 1200. The Kier molecular flexibility index (Phi) is 2.63. The zero-order valence-corrected chi connectivity index (χ0v) is 14.8. The van der Waals surface area contributed by atoms with Gasteiger partial charge in [0, 0.05) is 53.3 Å². The van der Waals surface area contributed by atoms with Gasteiger partial charge in [0.25, 0.3) is 0 Å². The van der Waals surface area contributed by atoms with Gasteiger partial charge in [-0.25, -0.2) is 4.52 Å². The Hall–Kier alpha value is -3.14. The molecule has 0 bridgehead atoms. The number of aryl methyl sites for hydroxylation is 1. The molecule has 1 saturated carbocycles. The summed E-state index contributed by atoms with van der Waals surface area (Å²) in [5.74, 6) is -0.0466. The summed E-state index contributed by atoms with van der Waals surface area (Å²) in [6, 6.07) is 6.01. The van der Waals surface area contributed by atoms with Crippen molar-refractivity contribution in [2.75, 3.05) is 11.4 Å². The van der Waals surface area contributed by atoms with E-state index in [1.807, 2.05) is 13.0 Å². The molecule has 4 heterocycles. The number of amides is 1. The molecule has 0 N–H and O–H groups in total. The summed E-state index contributed by atoms with van der Waals surface area (Å²) < 4.78 is 25.1. The lowest BCUT2D eigenvalue weighted by molar-refractivity contribution is -0.124. The van der Waals surface area contributed by atoms with Crippen LogP contribution in [-0.2, 0) is 11.8 Å². The first-order valence-corrected chi connectivity index (χ1v) is 9.02. The SMILES string of the molecule is [2H]C([2H])([2H])n1cc(-c2cc3c(N4C[C@@H](C)[C@@](C#N)(C5CC5)C4=O)ccnn3c2)cn1. The summed E-state index contributed by atoms with van der Waals surface area (Å²) in [5, 5.41) is 18.2. The van der Waals surface area contributed by atoms with Crippen LogP contribution in [0.2, 0.25) is 0 Å². The number of anilines is 1. The number of aromatic nitrogens is 4. The normalized spacial score (nSPS) is 27.4. The molecule has 1 aliphatic heterocycles. The number of hydrogen-bond acceptors (Lipinski definition) is 4. The summed E-state index contributed by atoms with van der Waals surface area (Å²) in [6.45, 7) is 0.118. The average molecular weight is 363 g/mol. The van der Waals surface area contributed by atoms with Crippen LogP contribution in [0.1, 0.15) is 23.9 Å². The van der Waals surface area contributed by atoms with Crippen LogP contribution >= 0.6 is 0 Å². The number of rotatable bonds is 3. The van der Waals surface area contributed by atoms with E-state index in [1.165, 1.54) is 12.4 Å². The maximum atomic E-state index is 13.4. The highest BCUT2D eigenvalue weighted by molar-refractivity contribution is 6.05. The largest absolute Gasteiger partial charge is 0.309 e. The van der Waals surface area contributed by atoms with Gasteiger partial charge in [-0.05, 0) is 30.9 Å². The number of fused-ring (bicyclic) bond motifs is 1. The molecule has 1 amide bonds. The molecule has 2 aliphatic rings. The van der Waals surface area contributed by atoms with Gasteiger partial charge in [-0.15, -0.1) is 0 Å². The van der Waals surface area contributed by atoms with Gasteiger partial charge in [0.1, 0.15) is 5.41 Å². The second-order valence-electron chi connectivity index (χ2n) is 7.52. The molecule has 3 aromatic heterocycles. The number of nitriles is 1. The zero-order valence-electron chi connectivity index (χ0n) is 17.8. The topological polar surface area (TPSA) is 79.2 Å². The molecular formula is C20H20N6O. The van der Waals surface area contributed by atoms with Gasteiger partial charge in [-0.2, -0.15) is 15.5 Å². The van der Waals surface area contributed by atoms with Gasteiger partial charge >= 0.3 is 0 Å². The van der Waals surface area contributed by atoms with Crippen molar-refractivity contribution in [3.8, 4) is 17.2 Å². The molecule has 136 valence electrons. The van der Waals surface area contributed by atoms with Crippen molar-refractivity contribution in [3.63, 3.8) is 0 Å². The van der Waals surface area contributed by atoms with Crippen molar-refractivity contribution in [1.82, 2.24) is 19.4 Å². The third-order valence-corrected chi connectivity index (χ3v) is 5.93. The minimum absolute atomic E-state index is 0.0531. The molecule has 0 aromatic carbocycles. The summed E-state index contributed by atoms with van der Waals surface area (Å²) in [5.41, 5.74) is 1.87. The van der Waals surface area contributed by atoms with E-state index in [4.69, 9.17) is 4.11 Å². The lowest BCUT2D eigenvalue weighted by Crippen LogP contribution is -2.37. The molecule has 0 unspecified atom stereocenters. The van der Waals surface area contributed by atoms with Crippen molar-refractivity contribution in [2.24, 2.45) is 24.2 Å². The van der Waals surface area contributed by atoms with E-state index in [-0.39, 0.29) is 17.7 Å². The van der Waals surface area contributed by atoms with Gasteiger partial charge in [0.2, 0.25) is 5.91 Å². The molecule has 3 aromatic rings. The van der Waals surface area contributed by atoms with Crippen molar-refractivity contribution >= 4 is 17.1 Å². The second kappa shape index (κ2) is 5.43. The van der Waals surface area contributed by atoms with Crippen LogP contribution in [0, 0.1) is 28.6 Å². The highest BCUT2D eigenvalue weighted by atomic mass is 16.2. The number of carbonyl (C=O) groups excluding carboxylic acids is 1. The molecule has 1 aliphatic carbocycles. The smallest absolute Gasteiger partial charge is 0.248 e. The summed E-state index contributed by atoms with van der Waals surface area (Å²) >= 11 is 0. The van der Waals surface area contributed by atoms with Crippen LogP contribution < -0.4 is 4.90 Å². The third-order valence-electron chi connectivity index (χ3n) is 5.93. The Labute approximate surface area is 161 Å². The Balaban J connectivity index is 1.56. The average Bonchev–Trinajstić information content (AvgIpc) is 3.16. The predicted octanol–water partition coefficient (Wildman–Crippen LogP) is 2.64. The van der Waals surface area contributed by atoms with Gasteiger partial charge in [0.15, 0.2) is 0 Å². The maximum Gasteiger partial charge on any atom is 0.248 e. The highest BCUT2D eigenvalue weighted by Gasteiger charge is 2.61. The molecule has 5 rings (SSSR count). The first-order chi connectivity index (χ1) is 14.3. The predicted molar refractivity (Wildman–Crippen MR) is 99.7 cm³/mol. The van der Waals surface area contributed by atoms with E-state index in [0.717, 1.165) is 28.6 Å². The molecule has 2 fully saturated rings. The van der Waals surface area contributed by atoms with Crippen molar-refractivity contribution in [1.29, 1.82) is 5.26 Å². The Morgan fingerprint density at radius 2 is 2.19 bits per heavy atom. The minimum atomic E-state index is -2.34. The molecule has 7 nitrogen and oxygen atoms in total. The van der Waals surface area contributed by atoms with Crippen LogP contribution in [0.15, 0.2) is 36.9 Å². The first-order valence-electron chi connectivity index (χ1n) is 10.5. The molecule has 1 saturated heterocycles. The minimum Gasteiger partial charge on any atom is -0.309 e. The Morgan fingerprint density at radius 3 is 2.89 bits per heavy atom. The van der Waals surface area contributed by atoms with E-state index in [2.05, 4.69) is 16.3 Å². The van der Waals surface area contributed by atoms with E-state index in [9.17, 15) is 10.1 Å². The molecule has 2 atom stereocenters. The lowest BCUT2D eigenvalue weighted by Gasteiger charge is -2.23. The number of hydrogen-bond donors (Lipinski definition) is 0. The van der Waals surface area contributed by atoms with Gasteiger partial charge < -0.3 is 4.90 Å². The van der Waals surface area contributed by atoms with E-state index in [1.54, 1.807) is 27.9 Å². The van der Waals surface area contributed by atoms with Crippen LogP contribution in [0.5, 0.6) is 0 Å². The van der Waals surface area contributed by atoms with E-state index in [0.29, 0.717) is 17.8 Å². The molecule has 0 radical (unpaired) electrons. The molecule has 27 heavy (non-hydrogen) atoms. The third kappa shape index (κ3) is 2.16. The summed E-state index contributed by atoms with van der Waals surface area (Å²) in [4.78, 5) is 15.1. The van der Waals surface area contributed by atoms with Crippen LogP contribution in [0.3, 0.4) is 0 Å². The fourth-order valence-corrected chi connectivity index (χ4v) is 4.37. The van der Waals surface area contributed by atoms with Gasteiger partial charge in [0.05, 0.1) is 23.5 Å². The van der Waals surface area contributed by atoms with Gasteiger partial charge in [-0.3, -0.25) is 9.48 Å². The van der Waals surface area contributed by atoms with Crippen LogP contribution in [0.25, 0.3) is 16.6 Å². The quantitative estimate of drug-likeness (QED) is 0.716. The van der Waals surface area contributed by atoms with E-state index >= 15 is 0 Å². The van der Waals surface area contributed by atoms with Gasteiger partial charge in [-0.1, -0.05) is 6.92 Å². The molecule has 7 heteroatoms. The fourth-order valence-electron chi connectivity index (χ4n) is 4.37. The number of carbonyl (C=O) groups is 1. The zero-order chi connectivity index (χ0) is 21.3. The first kappa shape index (κ1) is 13.1. The maximum absolute atomic E-state index is 13.4. The standard InChI is InChI=1S/C20H20N6O/c1-13-9-25(19(27)20(13,12-21)16-3-4-16)17-5-6-22-26-11-14(7-18(17)26)15-8-23-24(2)10-15/h5-8,10-11,13,16H,3-4,9H2,1-2H3/t13-,20+/m1/s1/i2D3. The van der Waals surface area contributed by atoms with E-state index < -0.39 is 12.4 Å². The Morgan fingerprint density at radius 1 is 1.33 bits per heavy atom. The van der Waals surface area contributed by atoms with Crippen LogP contribution in [-0.4, -0.2) is 31.8 Å². The molecule has 0 spiro atoms.